The van der Waals surface area contributed by atoms with Crippen molar-refractivity contribution in [3.63, 3.8) is 0 Å². The second-order valence-electron chi connectivity index (χ2n) is 3.72. The molecule has 0 aliphatic carbocycles. The van der Waals surface area contributed by atoms with Crippen LogP contribution in [0.5, 0.6) is 0 Å². The van der Waals surface area contributed by atoms with Crippen molar-refractivity contribution in [2.45, 2.75) is 6.92 Å². The van der Waals surface area contributed by atoms with Crippen LogP contribution in [0.25, 0.3) is 0 Å². The summed E-state index contributed by atoms with van der Waals surface area (Å²) in [5.74, 6) is 1.39. The van der Waals surface area contributed by atoms with Crippen LogP contribution in [0.15, 0.2) is 12.4 Å². The molecule has 1 fully saturated rings. The zero-order chi connectivity index (χ0) is 10.7. The van der Waals surface area contributed by atoms with Crippen LogP contribution in [0.1, 0.15) is 6.92 Å². The lowest BCUT2D eigenvalue weighted by Crippen LogP contribution is -2.46. The fraction of sp³-hybridized carbons (Fsp3) is 0.600. The molecule has 0 saturated carbocycles. The summed E-state index contributed by atoms with van der Waals surface area (Å²) in [6, 6.07) is 0. The van der Waals surface area contributed by atoms with Crippen molar-refractivity contribution in [1.29, 1.82) is 0 Å². The van der Waals surface area contributed by atoms with E-state index < -0.39 is 0 Å². The Kier molecular flexibility index (Phi) is 3.01. The third-order valence-corrected chi connectivity index (χ3v) is 2.78. The smallest absolute Gasteiger partial charge is 0.149 e. The van der Waals surface area contributed by atoms with E-state index in [9.17, 15) is 0 Å². The summed E-state index contributed by atoms with van der Waals surface area (Å²) >= 11 is 0. The summed E-state index contributed by atoms with van der Waals surface area (Å²) < 4.78 is 0. The predicted octanol–water partition coefficient (Wildman–Crippen LogP) is 0.201. The third-order valence-electron chi connectivity index (χ3n) is 2.78. The number of nitrogen functional groups attached to an aromatic ring is 1. The molecule has 0 aromatic carbocycles. The Morgan fingerprint density at radius 2 is 2.00 bits per heavy atom. The van der Waals surface area contributed by atoms with E-state index in [2.05, 4.69) is 26.7 Å². The quantitative estimate of drug-likeness (QED) is 0.750. The van der Waals surface area contributed by atoms with Gasteiger partial charge in [0.15, 0.2) is 0 Å². The first-order chi connectivity index (χ1) is 7.29. The number of hydrogen-bond acceptors (Lipinski definition) is 5. The fourth-order valence-corrected chi connectivity index (χ4v) is 1.82. The molecule has 1 saturated heterocycles. The minimum Gasteiger partial charge on any atom is -0.382 e. The summed E-state index contributed by atoms with van der Waals surface area (Å²) in [5, 5.41) is 0. The first-order valence-electron chi connectivity index (χ1n) is 5.34. The summed E-state index contributed by atoms with van der Waals surface area (Å²) in [5.41, 5.74) is 5.61. The lowest BCUT2D eigenvalue weighted by atomic mass is 10.3. The van der Waals surface area contributed by atoms with Crippen LogP contribution in [-0.2, 0) is 0 Å². The molecule has 1 aromatic rings. The Bertz CT molecular complexity index is 319. The van der Waals surface area contributed by atoms with Crippen LogP contribution >= 0.6 is 0 Å². The van der Waals surface area contributed by atoms with Gasteiger partial charge in [0.25, 0.3) is 0 Å². The highest BCUT2D eigenvalue weighted by molar-refractivity contribution is 5.41. The van der Waals surface area contributed by atoms with E-state index in [1.54, 1.807) is 12.4 Å². The monoisotopic (exact) mass is 207 g/mol. The number of piperazine rings is 1. The minimum absolute atomic E-state index is 0.491. The number of nitrogens with zero attached hydrogens (tertiary/aromatic N) is 4. The molecule has 1 aliphatic heterocycles. The van der Waals surface area contributed by atoms with Crippen LogP contribution in [0.4, 0.5) is 11.6 Å². The van der Waals surface area contributed by atoms with Crippen LogP contribution in [-0.4, -0.2) is 47.6 Å². The van der Waals surface area contributed by atoms with Gasteiger partial charge in [0.1, 0.15) is 11.6 Å². The Morgan fingerprint density at radius 1 is 1.27 bits per heavy atom. The maximum absolute atomic E-state index is 5.61. The molecule has 1 aliphatic rings. The van der Waals surface area contributed by atoms with Crippen LogP contribution in [0.3, 0.4) is 0 Å². The maximum Gasteiger partial charge on any atom is 0.149 e. The van der Waals surface area contributed by atoms with Crippen molar-refractivity contribution in [3.05, 3.63) is 12.4 Å². The van der Waals surface area contributed by atoms with E-state index >= 15 is 0 Å². The molecule has 0 bridgehead atoms. The normalized spacial score (nSPS) is 18.1. The highest BCUT2D eigenvalue weighted by atomic mass is 15.3. The Balaban J connectivity index is 2.01. The third kappa shape index (κ3) is 2.36. The van der Waals surface area contributed by atoms with E-state index in [1.165, 1.54) is 0 Å². The highest BCUT2D eigenvalue weighted by Gasteiger charge is 2.16. The van der Waals surface area contributed by atoms with Crippen LogP contribution < -0.4 is 10.6 Å². The van der Waals surface area contributed by atoms with Gasteiger partial charge in [0.05, 0.1) is 12.4 Å². The molecule has 0 atom stereocenters. The summed E-state index contributed by atoms with van der Waals surface area (Å²) in [6.07, 6.45) is 3.35. The van der Waals surface area contributed by atoms with Crippen molar-refractivity contribution in [2.24, 2.45) is 0 Å². The van der Waals surface area contributed by atoms with Gasteiger partial charge in [-0.15, -0.1) is 0 Å². The van der Waals surface area contributed by atoms with E-state index in [1.807, 2.05) is 0 Å². The molecule has 2 N–H and O–H groups in total. The lowest BCUT2D eigenvalue weighted by Gasteiger charge is -2.34. The van der Waals surface area contributed by atoms with E-state index in [0.717, 1.165) is 38.5 Å². The van der Waals surface area contributed by atoms with Crippen molar-refractivity contribution >= 4 is 11.6 Å². The summed E-state index contributed by atoms with van der Waals surface area (Å²) in [6.45, 7) is 7.50. The SMILES string of the molecule is CCN1CCN(c2cncc(N)n2)CC1. The van der Waals surface area contributed by atoms with Crippen molar-refractivity contribution < 1.29 is 0 Å². The number of hydrogen-bond donors (Lipinski definition) is 1. The van der Waals surface area contributed by atoms with Gasteiger partial charge < -0.3 is 15.5 Å². The molecule has 0 unspecified atom stereocenters. The molecule has 2 rings (SSSR count). The topological polar surface area (TPSA) is 58.3 Å². The molecule has 5 nitrogen and oxygen atoms in total. The lowest BCUT2D eigenvalue weighted by molar-refractivity contribution is 0.270. The minimum atomic E-state index is 0.491. The molecule has 0 spiro atoms. The first kappa shape index (κ1) is 10.2. The van der Waals surface area contributed by atoms with Crippen LogP contribution in [0, 0.1) is 0 Å². The van der Waals surface area contributed by atoms with Gasteiger partial charge >= 0.3 is 0 Å². The molecule has 0 amide bonds. The Morgan fingerprint density at radius 3 is 2.60 bits per heavy atom. The van der Waals surface area contributed by atoms with E-state index in [0.29, 0.717) is 5.82 Å². The maximum atomic E-state index is 5.61. The second kappa shape index (κ2) is 4.44. The molecule has 1 aromatic heterocycles. The molecule has 15 heavy (non-hydrogen) atoms. The van der Waals surface area contributed by atoms with Gasteiger partial charge in [-0.1, -0.05) is 6.92 Å². The van der Waals surface area contributed by atoms with Gasteiger partial charge in [-0.3, -0.25) is 4.98 Å². The first-order valence-corrected chi connectivity index (χ1v) is 5.34. The largest absolute Gasteiger partial charge is 0.382 e. The molecular weight excluding hydrogens is 190 g/mol. The number of nitrogens with two attached hydrogens (primary N) is 1. The summed E-state index contributed by atoms with van der Waals surface area (Å²) in [7, 11) is 0. The average molecular weight is 207 g/mol. The van der Waals surface area contributed by atoms with Crippen LogP contribution in [0.2, 0.25) is 0 Å². The van der Waals surface area contributed by atoms with Gasteiger partial charge in [0, 0.05) is 26.2 Å². The number of rotatable bonds is 2. The van der Waals surface area contributed by atoms with Crippen molar-refractivity contribution in [3.8, 4) is 0 Å². The average Bonchev–Trinajstić information content (AvgIpc) is 2.29. The van der Waals surface area contributed by atoms with Gasteiger partial charge in [-0.05, 0) is 6.54 Å². The van der Waals surface area contributed by atoms with E-state index in [-0.39, 0.29) is 0 Å². The molecule has 2 heterocycles. The molecule has 82 valence electrons. The molecule has 5 heteroatoms. The fourth-order valence-electron chi connectivity index (χ4n) is 1.82. The van der Waals surface area contributed by atoms with E-state index in [4.69, 9.17) is 5.73 Å². The predicted molar refractivity (Wildman–Crippen MR) is 60.8 cm³/mol. The van der Waals surface area contributed by atoms with Crippen molar-refractivity contribution in [1.82, 2.24) is 14.9 Å². The highest BCUT2D eigenvalue weighted by Crippen LogP contribution is 2.13. The number of anilines is 2. The van der Waals surface area contributed by atoms with Crippen molar-refractivity contribution in [2.75, 3.05) is 43.4 Å². The number of likely N-dealkylation sites (N-methyl/N-ethyl adjacent to an activating group) is 1. The Labute approximate surface area is 89.9 Å². The molecule has 0 radical (unpaired) electrons. The Hall–Kier alpha value is -1.36. The van der Waals surface area contributed by atoms with Gasteiger partial charge in [0.2, 0.25) is 0 Å². The zero-order valence-corrected chi connectivity index (χ0v) is 9.06. The standard InChI is InChI=1S/C10H17N5/c1-2-14-3-5-15(6-4-14)10-8-12-7-9(11)13-10/h7-8H,2-6H2,1H3,(H2,11,13). The second-order valence-corrected chi connectivity index (χ2v) is 3.72. The zero-order valence-electron chi connectivity index (χ0n) is 9.06. The van der Waals surface area contributed by atoms with Gasteiger partial charge in [-0.2, -0.15) is 0 Å². The molecular formula is C10H17N5. The summed E-state index contributed by atoms with van der Waals surface area (Å²) in [4.78, 5) is 13.0. The van der Waals surface area contributed by atoms with Gasteiger partial charge in [-0.25, -0.2) is 4.98 Å². The number of aromatic nitrogens is 2.